The van der Waals surface area contributed by atoms with E-state index in [0.29, 0.717) is 27.8 Å². The number of benzene rings is 2. The molecule has 0 saturated carbocycles. The predicted octanol–water partition coefficient (Wildman–Crippen LogP) is 4.18. The Kier molecular flexibility index (Phi) is 5.15. The molecule has 10 heteroatoms. The maximum atomic E-state index is 13.9. The van der Waals surface area contributed by atoms with Crippen LogP contribution in [0.25, 0.3) is 22.1 Å². The van der Waals surface area contributed by atoms with Crippen LogP contribution in [0.15, 0.2) is 65.7 Å². The summed E-state index contributed by atoms with van der Waals surface area (Å²) < 4.78 is 41.9. The lowest BCUT2D eigenvalue weighted by atomic mass is 10.2. The minimum Gasteiger partial charge on any atom is -0.332 e. The Morgan fingerprint density at radius 1 is 1.14 bits per heavy atom. The van der Waals surface area contributed by atoms with Gasteiger partial charge < -0.3 is 14.5 Å². The average molecular weight is 504 g/mol. The number of hydrogen-bond acceptors (Lipinski definition) is 5. The molecule has 0 unspecified atom stereocenters. The zero-order chi connectivity index (χ0) is 25.0. The Bertz CT molecular complexity index is 1790. The van der Waals surface area contributed by atoms with E-state index in [1.165, 1.54) is 18.2 Å². The number of amides is 1. The molecule has 0 saturated heterocycles. The van der Waals surface area contributed by atoms with Gasteiger partial charge in [0.1, 0.15) is 22.9 Å². The lowest BCUT2D eigenvalue weighted by Gasteiger charge is -2.12. The molecule has 0 atom stereocenters. The molecule has 36 heavy (non-hydrogen) atoms. The summed E-state index contributed by atoms with van der Waals surface area (Å²) >= 11 is 0. The zero-order valence-electron chi connectivity index (χ0n) is 19.4. The first kappa shape index (κ1) is 22.4. The zero-order valence-corrected chi connectivity index (χ0v) is 20.2. The van der Waals surface area contributed by atoms with Gasteiger partial charge in [0.2, 0.25) is 0 Å². The molecule has 182 valence electrons. The van der Waals surface area contributed by atoms with Crippen molar-refractivity contribution in [3.05, 3.63) is 83.7 Å². The second-order valence-electron chi connectivity index (χ2n) is 9.04. The van der Waals surface area contributed by atoms with Crippen molar-refractivity contribution in [3.63, 3.8) is 0 Å². The third kappa shape index (κ3) is 3.93. The summed E-state index contributed by atoms with van der Waals surface area (Å²) in [5, 5.41) is 3.49. The number of rotatable bonds is 5. The molecule has 0 bridgehead atoms. The maximum Gasteiger partial charge on any atom is 0.272 e. The predicted molar refractivity (Wildman–Crippen MR) is 134 cm³/mol. The van der Waals surface area contributed by atoms with Crippen molar-refractivity contribution in [1.82, 2.24) is 19.1 Å². The molecule has 0 aliphatic carbocycles. The highest BCUT2D eigenvalue weighted by Crippen LogP contribution is 2.27. The Labute approximate surface area is 206 Å². The second-order valence-corrected chi connectivity index (χ2v) is 11.1. The van der Waals surface area contributed by atoms with Crippen LogP contribution in [-0.2, 0) is 29.3 Å². The van der Waals surface area contributed by atoms with Crippen molar-refractivity contribution in [2.45, 2.75) is 30.8 Å². The van der Waals surface area contributed by atoms with Gasteiger partial charge in [-0.2, -0.15) is 0 Å². The monoisotopic (exact) mass is 503 g/mol. The van der Waals surface area contributed by atoms with Crippen LogP contribution in [0.4, 0.5) is 10.1 Å². The normalized spacial score (nSPS) is 13.4. The molecule has 6 rings (SSSR count). The van der Waals surface area contributed by atoms with Gasteiger partial charge >= 0.3 is 0 Å². The first-order valence-electron chi connectivity index (χ1n) is 11.5. The molecular formula is C26H22FN5O3S. The van der Waals surface area contributed by atoms with Crippen LogP contribution in [0.1, 0.15) is 28.3 Å². The quantitative estimate of drug-likeness (QED) is 0.388. The lowest BCUT2D eigenvalue weighted by Crippen LogP contribution is -2.17. The number of hydrogen-bond donors (Lipinski definition) is 1. The number of aromatic nitrogens is 4. The average Bonchev–Trinajstić information content (AvgIpc) is 3.51. The largest absolute Gasteiger partial charge is 0.332 e. The smallest absolute Gasteiger partial charge is 0.272 e. The fraction of sp³-hybridized carbons (Fsp3) is 0.192. The fourth-order valence-electron chi connectivity index (χ4n) is 4.80. The number of carbonyl (C=O) groups excluding carboxylic acids is 1. The van der Waals surface area contributed by atoms with Gasteiger partial charge in [-0.3, -0.25) is 4.79 Å². The van der Waals surface area contributed by atoms with Crippen LogP contribution in [0, 0.1) is 5.82 Å². The van der Waals surface area contributed by atoms with Crippen molar-refractivity contribution >= 4 is 43.5 Å². The van der Waals surface area contributed by atoms with Crippen molar-refractivity contribution in [2.75, 3.05) is 11.6 Å². The molecule has 3 aromatic heterocycles. The molecule has 0 spiro atoms. The van der Waals surface area contributed by atoms with Crippen LogP contribution in [0.5, 0.6) is 0 Å². The molecule has 0 radical (unpaired) electrons. The topological polar surface area (TPSA) is 98.9 Å². The molecule has 5 aromatic rings. The number of pyridine rings is 1. The van der Waals surface area contributed by atoms with Crippen LogP contribution in [0.3, 0.4) is 0 Å². The summed E-state index contributed by atoms with van der Waals surface area (Å²) in [5.41, 5.74) is 3.67. The van der Waals surface area contributed by atoms with Gasteiger partial charge in [0, 0.05) is 36.7 Å². The number of fused-ring (bicyclic) bond motifs is 4. The number of nitrogens with one attached hydrogen (secondary N) is 1. The Balaban J connectivity index is 1.40. The van der Waals surface area contributed by atoms with Gasteiger partial charge in [0.15, 0.2) is 15.5 Å². The first-order valence-corrected chi connectivity index (χ1v) is 13.4. The summed E-state index contributed by atoms with van der Waals surface area (Å²) in [6.45, 7) is 1.12. The number of nitrogens with zero attached hydrogens (tertiary/aromatic N) is 4. The van der Waals surface area contributed by atoms with E-state index in [2.05, 4.69) is 19.9 Å². The van der Waals surface area contributed by atoms with Gasteiger partial charge in [-0.15, -0.1) is 0 Å². The van der Waals surface area contributed by atoms with Gasteiger partial charge in [0.25, 0.3) is 5.91 Å². The van der Waals surface area contributed by atoms with E-state index < -0.39 is 15.7 Å². The Morgan fingerprint density at radius 2 is 2.00 bits per heavy atom. The number of carbonyl (C=O) groups is 1. The molecule has 0 fully saturated rings. The van der Waals surface area contributed by atoms with Crippen LogP contribution in [-0.4, -0.2) is 39.7 Å². The summed E-state index contributed by atoms with van der Waals surface area (Å²) in [5.74, 6) is 0.231. The molecule has 2 aromatic carbocycles. The number of anilines is 1. The molecular weight excluding hydrogens is 481 g/mol. The highest BCUT2D eigenvalue weighted by Gasteiger charge is 2.20. The van der Waals surface area contributed by atoms with E-state index in [9.17, 15) is 17.6 Å². The SMILES string of the molecule is CS(=O)(=O)c1ccc2c(c1)cc(C(=O)Nc1cnc3c(c1)nc1n3CCC1)n2Cc1cccc(F)c1. The van der Waals surface area contributed by atoms with E-state index in [1.807, 2.05) is 0 Å². The maximum absolute atomic E-state index is 13.9. The summed E-state index contributed by atoms with van der Waals surface area (Å²) in [6, 6.07) is 14.3. The van der Waals surface area contributed by atoms with Gasteiger partial charge in [-0.1, -0.05) is 12.1 Å². The van der Waals surface area contributed by atoms with Crippen molar-refractivity contribution < 1.29 is 17.6 Å². The number of imidazole rings is 1. The van der Waals surface area contributed by atoms with E-state index >= 15 is 0 Å². The molecule has 1 N–H and O–H groups in total. The van der Waals surface area contributed by atoms with Crippen LogP contribution in [0.2, 0.25) is 0 Å². The minimum atomic E-state index is -3.43. The minimum absolute atomic E-state index is 0.160. The fourth-order valence-corrected chi connectivity index (χ4v) is 5.45. The van der Waals surface area contributed by atoms with Crippen molar-refractivity contribution in [3.8, 4) is 0 Å². The van der Waals surface area contributed by atoms with Crippen LogP contribution < -0.4 is 5.32 Å². The first-order chi connectivity index (χ1) is 17.3. The Morgan fingerprint density at radius 3 is 2.81 bits per heavy atom. The van der Waals surface area contributed by atoms with Gasteiger partial charge in [-0.05, 0) is 54.4 Å². The van der Waals surface area contributed by atoms with E-state index in [0.717, 1.165) is 42.6 Å². The number of aryl methyl sites for hydroxylation is 2. The molecule has 4 heterocycles. The Hall–Kier alpha value is -4.05. The lowest BCUT2D eigenvalue weighted by molar-refractivity contribution is 0.101. The second kappa shape index (κ2) is 8.27. The standard InChI is InChI=1S/C26H22FN5O3S/c1-36(34,35)20-7-8-22-17(11-20)12-23(32(22)15-16-4-2-5-18(27)10-16)26(33)29-19-13-21-25(28-14-19)31-9-3-6-24(31)30-21/h2,4-5,7-8,10-14H,3,6,9,15H2,1H3,(H,29,33). The van der Waals surface area contributed by atoms with E-state index in [-0.39, 0.29) is 17.3 Å². The summed E-state index contributed by atoms with van der Waals surface area (Å²) in [4.78, 5) is 22.7. The van der Waals surface area contributed by atoms with Gasteiger partial charge in [0.05, 0.1) is 16.8 Å². The number of sulfone groups is 1. The molecule has 1 aliphatic heterocycles. The third-order valence-electron chi connectivity index (χ3n) is 6.47. The number of halogens is 1. The summed E-state index contributed by atoms with van der Waals surface area (Å²) in [7, 11) is -3.43. The van der Waals surface area contributed by atoms with Gasteiger partial charge in [-0.25, -0.2) is 22.8 Å². The third-order valence-corrected chi connectivity index (χ3v) is 7.58. The summed E-state index contributed by atoms with van der Waals surface area (Å²) in [6.07, 6.45) is 4.71. The van der Waals surface area contributed by atoms with Crippen molar-refractivity contribution in [2.24, 2.45) is 0 Å². The van der Waals surface area contributed by atoms with E-state index in [1.54, 1.807) is 47.2 Å². The highest BCUT2D eigenvalue weighted by molar-refractivity contribution is 7.90. The van der Waals surface area contributed by atoms with E-state index in [4.69, 9.17) is 0 Å². The van der Waals surface area contributed by atoms with Crippen molar-refractivity contribution in [1.29, 1.82) is 0 Å². The highest BCUT2D eigenvalue weighted by atomic mass is 32.2. The molecule has 1 aliphatic rings. The molecule has 1 amide bonds. The molecule has 8 nitrogen and oxygen atoms in total. The van der Waals surface area contributed by atoms with Crippen LogP contribution >= 0.6 is 0 Å².